The van der Waals surface area contributed by atoms with Gasteiger partial charge in [-0.15, -0.1) is 10.2 Å². The van der Waals surface area contributed by atoms with E-state index in [0.29, 0.717) is 5.56 Å². The van der Waals surface area contributed by atoms with Crippen molar-refractivity contribution in [2.45, 2.75) is 17.1 Å². The quantitative estimate of drug-likeness (QED) is 0.713. The van der Waals surface area contributed by atoms with Crippen LogP contribution in [0.15, 0.2) is 46.7 Å². The van der Waals surface area contributed by atoms with Gasteiger partial charge in [-0.25, -0.2) is 4.98 Å². The fourth-order valence-corrected chi connectivity index (χ4v) is 2.63. The molecule has 92 valence electrons. The lowest BCUT2D eigenvalue weighted by atomic mass is 10.2. The van der Waals surface area contributed by atoms with Gasteiger partial charge in [-0.1, -0.05) is 6.07 Å². The minimum Gasteiger partial charge on any atom is -0.277 e. The Morgan fingerprint density at radius 1 is 1.26 bits per heavy atom. The molecule has 0 aliphatic heterocycles. The van der Waals surface area contributed by atoms with E-state index < -0.39 is 0 Å². The van der Waals surface area contributed by atoms with Crippen LogP contribution in [0, 0.1) is 18.3 Å². The molecular formula is C13H9N5S. The zero-order chi connectivity index (χ0) is 13.2. The first kappa shape index (κ1) is 11.7. The first-order valence-electron chi connectivity index (χ1n) is 5.63. The van der Waals surface area contributed by atoms with Crippen LogP contribution in [0.25, 0.3) is 5.65 Å². The minimum absolute atomic E-state index is 0.601. The Morgan fingerprint density at radius 3 is 3.00 bits per heavy atom. The van der Waals surface area contributed by atoms with Gasteiger partial charge >= 0.3 is 0 Å². The third kappa shape index (κ3) is 2.28. The fraction of sp³-hybridized carbons (Fsp3) is 0.0769. The van der Waals surface area contributed by atoms with E-state index in [1.165, 1.54) is 11.8 Å². The van der Waals surface area contributed by atoms with E-state index in [-0.39, 0.29) is 0 Å². The predicted octanol–water partition coefficient (Wildman–Crippen LogP) is 2.46. The molecular weight excluding hydrogens is 258 g/mol. The highest BCUT2D eigenvalue weighted by atomic mass is 32.2. The minimum atomic E-state index is 0.601. The monoisotopic (exact) mass is 267 g/mol. The van der Waals surface area contributed by atoms with E-state index in [1.54, 1.807) is 12.1 Å². The van der Waals surface area contributed by atoms with Crippen molar-refractivity contribution in [3.8, 4) is 6.07 Å². The Kier molecular flexibility index (Phi) is 2.89. The van der Waals surface area contributed by atoms with Gasteiger partial charge < -0.3 is 0 Å². The van der Waals surface area contributed by atoms with Gasteiger partial charge in [0, 0.05) is 11.9 Å². The number of nitrogens with zero attached hydrogens (tertiary/aromatic N) is 5. The smallest absolute Gasteiger partial charge is 0.201 e. The highest BCUT2D eigenvalue weighted by Gasteiger charge is 2.08. The predicted molar refractivity (Wildman–Crippen MR) is 70.8 cm³/mol. The molecule has 0 N–H and O–H groups in total. The van der Waals surface area contributed by atoms with Gasteiger partial charge in [0.1, 0.15) is 5.03 Å². The van der Waals surface area contributed by atoms with E-state index >= 15 is 0 Å². The lowest BCUT2D eigenvalue weighted by Crippen LogP contribution is -1.90. The van der Waals surface area contributed by atoms with Crippen LogP contribution in [0.4, 0.5) is 0 Å². The highest BCUT2D eigenvalue weighted by Crippen LogP contribution is 2.25. The Labute approximate surface area is 113 Å². The van der Waals surface area contributed by atoms with Gasteiger partial charge in [0.15, 0.2) is 5.65 Å². The van der Waals surface area contributed by atoms with E-state index in [9.17, 15) is 0 Å². The molecule has 5 nitrogen and oxygen atoms in total. The molecule has 0 aromatic carbocycles. The van der Waals surface area contributed by atoms with E-state index in [2.05, 4.69) is 21.3 Å². The second-order valence-corrected chi connectivity index (χ2v) is 4.95. The van der Waals surface area contributed by atoms with Crippen molar-refractivity contribution in [1.82, 2.24) is 19.6 Å². The SMILES string of the molecule is Cc1cc(C#N)cc(Sc2nnc3ccccn23)n1. The lowest BCUT2D eigenvalue weighted by molar-refractivity contribution is 0.915. The summed E-state index contributed by atoms with van der Waals surface area (Å²) in [5, 5.41) is 18.7. The van der Waals surface area contributed by atoms with Crippen LogP contribution in [-0.4, -0.2) is 19.6 Å². The van der Waals surface area contributed by atoms with Gasteiger partial charge in [-0.3, -0.25) is 4.40 Å². The molecule has 3 heterocycles. The standard InChI is InChI=1S/C13H9N5S/c1-9-6-10(8-14)7-12(15-9)19-13-17-16-11-4-2-3-5-18(11)13/h2-7H,1H3. The molecule has 0 unspecified atom stereocenters. The topological polar surface area (TPSA) is 66.9 Å². The molecule has 0 fully saturated rings. The second kappa shape index (κ2) is 4.71. The second-order valence-electron chi connectivity index (χ2n) is 3.96. The van der Waals surface area contributed by atoms with Gasteiger partial charge in [0.05, 0.1) is 11.6 Å². The van der Waals surface area contributed by atoms with Crippen LogP contribution >= 0.6 is 11.8 Å². The summed E-state index contributed by atoms with van der Waals surface area (Å²) in [5.74, 6) is 0. The number of fused-ring (bicyclic) bond motifs is 1. The van der Waals surface area contributed by atoms with Crippen LogP contribution < -0.4 is 0 Å². The molecule has 0 saturated heterocycles. The maximum absolute atomic E-state index is 8.96. The third-order valence-electron chi connectivity index (χ3n) is 2.54. The number of rotatable bonds is 2. The first-order valence-corrected chi connectivity index (χ1v) is 6.44. The third-order valence-corrected chi connectivity index (χ3v) is 3.42. The molecule has 6 heteroatoms. The fourth-order valence-electron chi connectivity index (χ4n) is 1.74. The Bertz CT molecular complexity index is 787. The molecule has 3 aromatic heterocycles. The normalized spacial score (nSPS) is 10.5. The summed E-state index contributed by atoms with van der Waals surface area (Å²) in [6.45, 7) is 1.87. The molecule has 3 rings (SSSR count). The van der Waals surface area contributed by atoms with Crippen molar-refractivity contribution in [2.75, 3.05) is 0 Å². The maximum atomic E-state index is 8.96. The molecule has 0 bridgehead atoms. The average molecular weight is 267 g/mol. The van der Waals surface area contributed by atoms with E-state index in [1.807, 2.05) is 35.7 Å². The van der Waals surface area contributed by atoms with Crippen molar-refractivity contribution in [3.63, 3.8) is 0 Å². The summed E-state index contributed by atoms with van der Waals surface area (Å²) in [5.41, 5.74) is 2.21. The van der Waals surface area contributed by atoms with Crippen molar-refractivity contribution < 1.29 is 0 Å². The molecule has 0 aliphatic rings. The van der Waals surface area contributed by atoms with Crippen LogP contribution in [-0.2, 0) is 0 Å². The van der Waals surface area contributed by atoms with E-state index in [0.717, 1.165) is 21.5 Å². The Morgan fingerprint density at radius 2 is 2.16 bits per heavy atom. The molecule has 0 saturated carbocycles. The summed E-state index contributed by atoms with van der Waals surface area (Å²) < 4.78 is 1.89. The summed E-state index contributed by atoms with van der Waals surface area (Å²) in [6, 6.07) is 11.4. The van der Waals surface area contributed by atoms with Gasteiger partial charge in [0.25, 0.3) is 0 Å². The number of nitriles is 1. The van der Waals surface area contributed by atoms with Crippen molar-refractivity contribution in [3.05, 3.63) is 47.8 Å². The Hall–Kier alpha value is -2.39. The summed E-state index contributed by atoms with van der Waals surface area (Å²) in [7, 11) is 0. The average Bonchev–Trinajstić information content (AvgIpc) is 2.82. The molecule has 3 aromatic rings. The summed E-state index contributed by atoms with van der Waals surface area (Å²) in [4.78, 5) is 4.39. The molecule has 0 radical (unpaired) electrons. The molecule has 0 spiro atoms. The van der Waals surface area contributed by atoms with Crippen LogP contribution in [0.5, 0.6) is 0 Å². The van der Waals surface area contributed by atoms with Gasteiger partial charge in [0.2, 0.25) is 5.16 Å². The molecule has 0 amide bonds. The number of aryl methyl sites for hydroxylation is 1. The maximum Gasteiger partial charge on any atom is 0.201 e. The van der Waals surface area contributed by atoms with Crippen molar-refractivity contribution in [1.29, 1.82) is 5.26 Å². The largest absolute Gasteiger partial charge is 0.277 e. The van der Waals surface area contributed by atoms with Crippen LogP contribution in [0.1, 0.15) is 11.3 Å². The molecule has 0 atom stereocenters. The molecule has 19 heavy (non-hydrogen) atoms. The van der Waals surface area contributed by atoms with Gasteiger partial charge in [-0.05, 0) is 43.0 Å². The number of hydrogen-bond acceptors (Lipinski definition) is 5. The van der Waals surface area contributed by atoms with Crippen molar-refractivity contribution >= 4 is 17.4 Å². The van der Waals surface area contributed by atoms with E-state index in [4.69, 9.17) is 5.26 Å². The summed E-state index contributed by atoms with van der Waals surface area (Å²) >= 11 is 1.39. The van der Waals surface area contributed by atoms with Crippen LogP contribution in [0.2, 0.25) is 0 Å². The number of aromatic nitrogens is 4. The summed E-state index contributed by atoms with van der Waals surface area (Å²) in [6.07, 6.45) is 1.90. The van der Waals surface area contributed by atoms with Gasteiger partial charge in [-0.2, -0.15) is 5.26 Å². The highest BCUT2D eigenvalue weighted by molar-refractivity contribution is 7.99. The zero-order valence-corrected chi connectivity index (χ0v) is 10.9. The number of hydrogen-bond donors (Lipinski definition) is 0. The van der Waals surface area contributed by atoms with Crippen LogP contribution in [0.3, 0.4) is 0 Å². The first-order chi connectivity index (χ1) is 9.26. The molecule has 0 aliphatic carbocycles. The zero-order valence-electron chi connectivity index (χ0n) is 10.1. The Balaban J connectivity index is 2.02. The number of pyridine rings is 2. The lowest BCUT2D eigenvalue weighted by Gasteiger charge is -2.01. The van der Waals surface area contributed by atoms with Crippen molar-refractivity contribution in [2.24, 2.45) is 0 Å².